The summed E-state index contributed by atoms with van der Waals surface area (Å²) in [4.78, 5) is 24.8. The predicted molar refractivity (Wildman–Crippen MR) is 66.9 cm³/mol. The lowest BCUT2D eigenvalue weighted by molar-refractivity contribution is -0.0785. The second kappa shape index (κ2) is 5.22. The maximum atomic E-state index is 11.7. The fourth-order valence-corrected chi connectivity index (χ4v) is 2.11. The monoisotopic (exact) mass is 282 g/mol. The maximum absolute atomic E-state index is 11.7. The van der Waals surface area contributed by atoms with Gasteiger partial charge in [-0.25, -0.2) is 4.79 Å². The zero-order chi connectivity index (χ0) is 14.9. The molecule has 8 nitrogen and oxygen atoms in total. The van der Waals surface area contributed by atoms with E-state index in [9.17, 15) is 19.8 Å². The van der Waals surface area contributed by atoms with Gasteiger partial charge in [0.25, 0.3) is 5.56 Å². The van der Waals surface area contributed by atoms with E-state index in [0.717, 1.165) is 16.8 Å². The van der Waals surface area contributed by atoms with E-state index in [-0.39, 0.29) is 6.61 Å². The van der Waals surface area contributed by atoms with Gasteiger partial charge in [-0.05, 0) is 0 Å². The van der Waals surface area contributed by atoms with Crippen molar-refractivity contribution in [3.05, 3.63) is 33.1 Å². The Morgan fingerprint density at radius 1 is 1.65 bits per heavy atom. The number of aliphatic hydroxyl groups excluding tert-OH is 1. The molecule has 1 saturated heterocycles. The van der Waals surface area contributed by atoms with Gasteiger partial charge in [-0.2, -0.15) is 0 Å². The van der Waals surface area contributed by atoms with Crippen LogP contribution in [0.25, 0.3) is 0 Å². The van der Waals surface area contributed by atoms with Crippen LogP contribution in [-0.4, -0.2) is 51.3 Å². The lowest BCUT2D eigenvalue weighted by Gasteiger charge is -2.26. The fraction of sp³-hybridized carbons (Fsp3) is 0.500. The molecule has 8 heteroatoms. The first kappa shape index (κ1) is 14.5. The fourth-order valence-electron chi connectivity index (χ4n) is 2.11. The topological polar surface area (TPSA) is 114 Å². The van der Waals surface area contributed by atoms with Crippen LogP contribution in [0.4, 0.5) is 0 Å². The Labute approximate surface area is 113 Å². The minimum Gasteiger partial charge on any atom is -0.386 e. The molecule has 0 saturated carbocycles. The highest BCUT2D eigenvalue weighted by Gasteiger charge is 2.55. The summed E-state index contributed by atoms with van der Waals surface area (Å²) in [6, 6.07) is 1.08. The lowest BCUT2D eigenvalue weighted by Crippen LogP contribution is -2.48. The van der Waals surface area contributed by atoms with Crippen LogP contribution in [0.1, 0.15) is 6.23 Å². The van der Waals surface area contributed by atoms with Crippen LogP contribution in [0.2, 0.25) is 0 Å². The van der Waals surface area contributed by atoms with Crippen molar-refractivity contribution in [2.45, 2.75) is 24.0 Å². The van der Waals surface area contributed by atoms with E-state index < -0.39 is 35.3 Å². The highest BCUT2D eigenvalue weighted by Crippen LogP contribution is 2.37. The summed E-state index contributed by atoms with van der Waals surface area (Å²) in [7, 11) is 1.39. The molecule has 1 aliphatic rings. The highest BCUT2D eigenvalue weighted by atomic mass is 16.6. The third-order valence-electron chi connectivity index (χ3n) is 3.15. The van der Waals surface area contributed by atoms with Crippen molar-refractivity contribution in [1.82, 2.24) is 9.55 Å². The number of hydrogen-bond donors (Lipinski definition) is 3. The molecule has 0 bridgehead atoms. The maximum Gasteiger partial charge on any atom is 0.330 e. The molecule has 1 aromatic rings. The Kier molecular flexibility index (Phi) is 3.78. The number of methoxy groups -OCH3 is 1. The molecular formula is C12H14N2O6. The predicted octanol–water partition coefficient (Wildman–Crippen LogP) is -2.19. The van der Waals surface area contributed by atoms with E-state index in [1.54, 1.807) is 0 Å². The minimum atomic E-state index is -2.11. The number of nitrogens with one attached hydrogen (secondary N) is 1. The lowest BCUT2D eigenvalue weighted by atomic mass is 9.95. The average Bonchev–Trinajstić information content (AvgIpc) is 2.65. The van der Waals surface area contributed by atoms with E-state index in [4.69, 9.17) is 15.9 Å². The van der Waals surface area contributed by atoms with Gasteiger partial charge < -0.3 is 19.7 Å². The molecule has 0 aromatic carbocycles. The van der Waals surface area contributed by atoms with Gasteiger partial charge in [-0.1, -0.05) is 5.92 Å². The number of aromatic nitrogens is 2. The largest absolute Gasteiger partial charge is 0.386 e. The molecule has 108 valence electrons. The molecule has 3 N–H and O–H groups in total. The first-order chi connectivity index (χ1) is 9.43. The minimum absolute atomic E-state index is 0.0141. The Morgan fingerprint density at radius 2 is 2.35 bits per heavy atom. The molecule has 0 spiro atoms. The van der Waals surface area contributed by atoms with Crippen LogP contribution in [0.15, 0.2) is 21.9 Å². The molecule has 4 atom stereocenters. The molecule has 1 aliphatic heterocycles. The summed E-state index contributed by atoms with van der Waals surface area (Å²) < 4.78 is 11.2. The number of hydrogen-bond acceptors (Lipinski definition) is 6. The van der Waals surface area contributed by atoms with Crippen molar-refractivity contribution < 1.29 is 19.7 Å². The second-order valence-electron chi connectivity index (χ2n) is 4.41. The van der Waals surface area contributed by atoms with Crippen LogP contribution >= 0.6 is 0 Å². The van der Waals surface area contributed by atoms with E-state index in [1.807, 2.05) is 10.9 Å². The highest BCUT2D eigenvalue weighted by molar-refractivity contribution is 5.19. The van der Waals surface area contributed by atoms with Crippen molar-refractivity contribution in [3.63, 3.8) is 0 Å². The molecule has 2 rings (SSSR count). The number of aliphatic hydroxyl groups is 2. The van der Waals surface area contributed by atoms with Crippen molar-refractivity contribution in [2.75, 3.05) is 13.7 Å². The Morgan fingerprint density at radius 3 is 2.90 bits per heavy atom. The van der Waals surface area contributed by atoms with Crippen molar-refractivity contribution >= 4 is 0 Å². The van der Waals surface area contributed by atoms with Crippen molar-refractivity contribution in [3.8, 4) is 12.3 Å². The number of ether oxygens (including phenoxy) is 2. The van der Waals surface area contributed by atoms with Gasteiger partial charge in [0.05, 0.1) is 6.61 Å². The zero-order valence-corrected chi connectivity index (χ0v) is 10.6. The molecule has 1 fully saturated rings. The summed E-state index contributed by atoms with van der Waals surface area (Å²) >= 11 is 0. The van der Waals surface area contributed by atoms with Gasteiger partial charge in [0, 0.05) is 19.4 Å². The summed E-state index contributed by atoms with van der Waals surface area (Å²) in [5.74, 6) is 2.04. The van der Waals surface area contributed by atoms with E-state index in [2.05, 4.69) is 0 Å². The smallest absolute Gasteiger partial charge is 0.330 e. The van der Waals surface area contributed by atoms with Crippen LogP contribution < -0.4 is 11.2 Å². The molecule has 4 unspecified atom stereocenters. The van der Waals surface area contributed by atoms with Crippen LogP contribution in [-0.2, 0) is 9.47 Å². The van der Waals surface area contributed by atoms with Crippen molar-refractivity contribution in [2.24, 2.45) is 0 Å². The number of H-pyrrole nitrogens is 1. The van der Waals surface area contributed by atoms with Gasteiger partial charge in [-0.3, -0.25) is 14.3 Å². The second-order valence-corrected chi connectivity index (χ2v) is 4.41. The zero-order valence-electron chi connectivity index (χ0n) is 10.6. The van der Waals surface area contributed by atoms with E-state index in [0.29, 0.717) is 0 Å². The summed E-state index contributed by atoms with van der Waals surface area (Å²) in [5, 5.41) is 20.4. The third-order valence-corrected chi connectivity index (χ3v) is 3.15. The molecule has 0 amide bonds. The summed E-state index contributed by atoms with van der Waals surface area (Å²) in [6.45, 7) is -0.0141. The number of nitrogens with zero attached hydrogens (tertiary/aromatic N) is 1. The summed E-state index contributed by atoms with van der Waals surface area (Å²) in [5.41, 5.74) is -3.51. The van der Waals surface area contributed by atoms with Gasteiger partial charge in [0.15, 0.2) is 11.8 Å². The third kappa shape index (κ3) is 2.17. The SMILES string of the molecule is C#CC1(O)C(O)C(COC)OC1n1ccc(=O)[nH]c1=O. The summed E-state index contributed by atoms with van der Waals surface area (Å²) in [6.07, 6.45) is 2.73. The Bertz CT molecular complexity index is 644. The Balaban J connectivity index is 2.47. The van der Waals surface area contributed by atoms with Crippen LogP contribution in [0.3, 0.4) is 0 Å². The molecule has 0 aliphatic carbocycles. The Hall–Kier alpha value is -1.92. The molecule has 1 aromatic heterocycles. The number of rotatable bonds is 3. The van der Waals surface area contributed by atoms with Crippen molar-refractivity contribution in [1.29, 1.82) is 0 Å². The first-order valence-corrected chi connectivity index (χ1v) is 5.78. The molecule has 20 heavy (non-hydrogen) atoms. The molecular weight excluding hydrogens is 268 g/mol. The first-order valence-electron chi connectivity index (χ1n) is 5.78. The van der Waals surface area contributed by atoms with Gasteiger partial charge in [0.1, 0.15) is 12.2 Å². The normalized spacial score (nSPS) is 33.0. The average molecular weight is 282 g/mol. The quantitative estimate of drug-likeness (QED) is 0.542. The standard InChI is InChI=1S/C12H14N2O6/c1-3-12(18)9(16)7(6-19-2)20-10(12)14-5-4-8(15)13-11(14)17/h1,4-5,7,9-10,16,18H,6H2,2H3,(H,13,15,17). The number of aromatic amines is 1. The van der Waals surface area contributed by atoms with Gasteiger partial charge in [-0.15, -0.1) is 6.42 Å². The molecule has 0 radical (unpaired) electrons. The van der Waals surface area contributed by atoms with Crippen LogP contribution in [0.5, 0.6) is 0 Å². The van der Waals surface area contributed by atoms with Crippen LogP contribution in [0, 0.1) is 12.3 Å². The van der Waals surface area contributed by atoms with E-state index in [1.165, 1.54) is 7.11 Å². The molecule has 2 heterocycles. The van der Waals surface area contributed by atoms with Gasteiger partial charge >= 0.3 is 5.69 Å². The van der Waals surface area contributed by atoms with Gasteiger partial charge in [0.2, 0.25) is 0 Å². The van der Waals surface area contributed by atoms with E-state index >= 15 is 0 Å². The number of terminal acetylenes is 1.